The van der Waals surface area contributed by atoms with Crippen LogP contribution in [0.25, 0.3) is 16.9 Å². The molecule has 26 heavy (non-hydrogen) atoms. The maximum absolute atomic E-state index is 4.67. The van der Waals surface area contributed by atoms with E-state index in [2.05, 4.69) is 46.0 Å². The topological polar surface area (TPSA) is 49.6 Å². The van der Waals surface area contributed by atoms with Crippen molar-refractivity contribution in [1.82, 2.24) is 24.3 Å². The number of rotatable bonds is 4. The molecule has 132 valence electrons. The number of nitrogens with zero attached hydrogens (tertiary/aromatic N) is 6. The number of hydrogen-bond acceptors (Lipinski definition) is 7. The molecular formula is C18H18N6S2. The molecule has 0 amide bonds. The van der Waals surface area contributed by atoms with Crippen molar-refractivity contribution in [3.63, 3.8) is 0 Å². The first-order valence-electron chi connectivity index (χ1n) is 8.59. The summed E-state index contributed by atoms with van der Waals surface area (Å²) < 4.78 is 2.15. The first-order chi connectivity index (χ1) is 12.9. The average molecular weight is 383 g/mol. The molecular weight excluding hydrogens is 364 g/mol. The molecule has 6 nitrogen and oxygen atoms in total. The SMILES string of the molecule is c1csc(CN2CCN(c3nccn4c(-c5ccsc5)cnc34)CC2)n1. The van der Waals surface area contributed by atoms with Gasteiger partial charge in [-0.3, -0.25) is 9.30 Å². The Kier molecular flexibility index (Phi) is 4.16. The second-order valence-electron chi connectivity index (χ2n) is 6.29. The molecule has 0 aliphatic carbocycles. The van der Waals surface area contributed by atoms with Crippen LogP contribution in [0.5, 0.6) is 0 Å². The molecule has 0 N–H and O–H groups in total. The van der Waals surface area contributed by atoms with Crippen LogP contribution in [-0.4, -0.2) is 50.4 Å². The Morgan fingerprint density at radius 2 is 1.92 bits per heavy atom. The van der Waals surface area contributed by atoms with Gasteiger partial charge in [-0.1, -0.05) is 0 Å². The molecule has 4 aromatic rings. The van der Waals surface area contributed by atoms with Crippen molar-refractivity contribution in [3.05, 3.63) is 52.0 Å². The van der Waals surface area contributed by atoms with Crippen molar-refractivity contribution in [2.75, 3.05) is 31.1 Å². The van der Waals surface area contributed by atoms with E-state index >= 15 is 0 Å². The minimum absolute atomic E-state index is 0.932. The van der Waals surface area contributed by atoms with E-state index in [9.17, 15) is 0 Å². The lowest BCUT2D eigenvalue weighted by Crippen LogP contribution is -2.46. The highest BCUT2D eigenvalue weighted by atomic mass is 32.1. The van der Waals surface area contributed by atoms with E-state index < -0.39 is 0 Å². The van der Waals surface area contributed by atoms with Gasteiger partial charge in [-0.25, -0.2) is 15.0 Å². The third kappa shape index (κ3) is 2.90. The van der Waals surface area contributed by atoms with E-state index in [1.165, 1.54) is 10.6 Å². The molecule has 0 saturated carbocycles. The summed E-state index contributed by atoms with van der Waals surface area (Å²) in [5.41, 5.74) is 3.25. The fourth-order valence-corrected chi connectivity index (χ4v) is 4.70. The molecule has 0 atom stereocenters. The fraction of sp³-hybridized carbons (Fsp3) is 0.278. The molecule has 1 fully saturated rings. The second-order valence-corrected chi connectivity index (χ2v) is 8.05. The summed E-state index contributed by atoms with van der Waals surface area (Å²) in [6, 6.07) is 2.13. The number of hydrogen-bond donors (Lipinski definition) is 0. The Morgan fingerprint density at radius 1 is 1.00 bits per heavy atom. The zero-order valence-electron chi connectivity index (χ0n) is 14.2. The van der Waals surface area contributed by atoms with Crippen LogP contribution in [0.1, 0.15) is 5.01 Å². The van der Waals surface area contributed by atoms with E-state index in [1.807, 2.05) is 30.2 Å². The summed E-state index contributed by atoms with van der Waals surface area (Å²) in [7, 11) is 0. The number of anilines is 1. The Hall–Kier alpha value is -2.29. The van der Waals surface area contributed by atoms with Crippen LogP contribution in [0, 0.1) is 0 Å². The lowest BCUT2D eigenvalue weighted by molar-refractivity contribution is 0.249. The van der Waals surface area contributed by atoms with Crippen molar-refractivity contribution in [3.8, 4) is 11.3 Å². The molecule has 5 heterocycles. The van der Waals surface area contributed by atoms with E-state index in [0.717, 1.165) is 49.9 Å². The summed E-state index contributed by atoms with van der Waals surface area (Å²) in [5, 5.41) is 7.48. The normalized spacial score (nSPS) is 15.8. The lowest BCUT2D eigenvalue weighted by Gasteiger charge is -2.34. The standard InChI is InChI=1S/C18H18N6S2/c1-9-25-13-14(1)15-11-21-18-17(20-2-4-24(15)18)23-7-5-22(6-8-23)12-16-19-3-10-26-16/h1-4,9-11,13H,5-8,12H2. The zero-order valence-corrected chi connectivity index (χ0v) is 15.8. The maximum Gasteiger partial charge on any atom is 0.180 e. The number of aromatic nitrogens is 4. The quantitative estimate of drug-likeness (QED) is 0.542. The molecule has 8 heteroatoms. The molecule has 0 spiro atoms. The first-order valence-corrected chi connectivity index (χ1v) is 10.4. The lowest BCUT2D eigenvalue weighted by atomic mass is 10.2. The van der Waals surface area contributed by atoms with Gasteiger partial charge in [-0.05, 0) is 11.4 Å². The maximum atomic E-state index is 4.67. The van der Waals surface area contributed by atoms with Gasteiger partial charge in [0.15, 0.2) is 11.5 Å². The Morgan fingerprint density at radius 3 is 2.69 bits per heavy atom. The van der Waals surface area contributed by atoms with Crippen molar-refractivity contribution < 1.29 is 0 Å². The van der Waals surface area contributed by atoms with Gasteiger partial charge in [-0.2, -0.15) is 11.3 Å². The number of piperazine rings is 1. The van der Waals surface area contributed by atoms with Gasteiger partial charge in [0.05, 0.1) is 18.4 Å². The van der Waals surface area contributed by atoms with Crippen LogP contribution >= 0.6 is 22.7 Å². The second kappa shape index (κ2) is 6.79. The van der Waals surface area contributed by atoms with Gasteiger partial charge in [-0.15, -0.1) is 11.3 Å². The summed E-state index contributed by atoms with van der Waals surface area (Å²) in [4.78, 5) is 18.5. The van der Waals surface area contributed by atoms with Crippen LogP contribution in [-0.2, 0) is 6.54 Å². The third-order valence-electron chi connectivity index (χ3n) is 4.74. The highest BCUT2D eigenvalue weighted by Crippen LogP contribution is 2.27. The smallest absolute Gasteiger partial charge is 0.180 e. The van der Waals surface area contributed by atoms with Gasteiger partial charge in [0, 0.05) is 61.1 Å². The summed E-state index contributed by atoms with van der Waals surface area (Å²) in [5.74, 6) is 0.975. The Balaban J connectivity index is 1.37. The van der Waals surface area contributed by atoms with Crippen LogP contribution < -0.4 is 4.90 Å². The van der Waals surface area contributed by atoms with Crippen LogP contribution in [0.4, 0.5) is 5.82 Å². The molecule has 0 radical (unpaired) electrons. The molecule has 5 rings (SSSR count). The summed E-state index contributed by atoms with van der Waals surface area (Å²) in [6.07, 6.45) is 7.70. The monoisotopic (exact) mass is 382 g/mol. The number of thiophene rings is 1. The van der Waals surface area contributed by atoms with Crippen molar-refractivity contribution in [2.24, 2.45) is 0 Å². The van der Waals surface area contributed by atoms with Crippen molar-refractivity contribution >= 4 is 34.1 Å². The van der Waals surface area contributed by atoms with Gasteiger partial charge >= 0.3 is 0 Å². The molecule has 4 aromatic heterocycles. The van der Waals surface area contributed by atoms with E-state index in [-0.39, 0.29) is 0 Å². The highest BCUT2D eigenvalue weighted by molar-refractivity contribution is 7.09. The summed E-state index contributed by atoms with van der Waals surface area (Å²) in [6.45, 7) is 4.88. The fourth-order valence-electron chi connectivity index (χ4n) is 3.39. The van der Waals surface area contributed by atoms with Gasteiger partial charge in [0.1, 0.15) is 5.01 Å². The van der Waals surface area contributed by atoms with Crippen LogP contribution in [0.2, 0.25) is 0 Å². The van der Waals surface area contributed by atoms with Gasteiger partial charge in [0.25, 0.3) is 0 Å². The minimum atomic E-state index is 0.932. The molecule has 0 unspecified atom stereocenters. The highest BCUT2D eigenvalue weighted by Gasteiger charge is 2.22. The molecule has 1 aliphatic rings. The Labute approximate surface area is 159 Å². The Bertz CT molecular complexity index is 984. The van der Waals surface area contributed by atoms with Gasteiger partial charge < -0.3 is 4.90 Å². The summed E-state index contributed by atoms with van der Waals surface area (Å²) >= 11 is 3.43. The number of fused-ring (bicyclic) bond motifs is 1. The number of thiazole rings is 1. The van der Waals surface area contributed by atoms with Crippen LogP contribution in [0.3, 0.4) is 0 Å². The van der Waals surface area contributed by atoms with E-state index in [4.69, 9.17) is 0 Å². The molecule has 0 bridgehead atoms. The zero-order chi connectivity index (χ0) is 17.3. The first kappa shape index (κ1) is 15.9. The predicted molar refractivity (Wildman–Crippen MR) is 106 cm³/mol. The third-order valence-corrected chi connectivity index (χ3v) is 6.19. The largest absolute Gasteiger partial charge is 0.351 e. The predicted octanol–water partition coefficient (Wildman–Crippen LogP) is 3.24. The van der Waals surface area contributed by atoms with Crippen LogP contribution in [0.15, 0.2) is 47.0 Å². The van der Waals surface area contributed by atoms with Crippen molar-refractivity contribution in [2.45, 2.75) is 6.54 Å². The molecule has 0 aromatic carbocycles. The van der Waals surface area contributed by atoms with Gasteiger partial charge in [0.2, 0.25) is 0 Å². The van der Waals surface area contributed by atoms with E-state index in [1.54, 1.807) is 22.7 Å². The number of imidazole rings is 1. The average Bonchev–Trinajstić information content (AvgIpc) is 3.43. The molecule has 1 aliphatic heterocycles. The minimum Gasteiger partial charge on any atom is -0.351 e. The van der Waals surface area contributed by atoms with Crippen molar-refractivity contribution in [1.29, 1.82) is 0 Å². The molecule has 1 saturated heterocycles. The van der Waals surface area contributed by atoms with E-state index in [0.29, 0.717) is 0 Å².